The first-order valence-electron chi connectivity index (χ1n) is 6.96. The Morgan fingerprint density at radius 2 is 2.00 bits per heavy atom. The lowest BCUT2D eigenvalue weighted by molar-refractivity contribution is 0.987. The Morgan fingerprint density at radius 3 is 2.68 bits per heavy atom. The molecular weight excluding hydrogens is 234 g/mol. The lowest BCUT2D eigenvalue weighted by Gasteiger charge is -2.10. The fourth-order valence-corrected chi connectivity index (χ4v) is 2.27. The van der Waals surface area contributed by atoms with Crippen LogP contribution in [0.15, 0.2) is 30.3 Å². The zero-order valence-corrected chi connectivity index (χ0v) is 11.5. The van der Waals surface area contributed by atoms with E-state index in [9.17, 15) is 0 Å². The van der Waals surface area contributed by atoms with E-state index in [-0.39, 0.29) is 0 Å². The van der Waals surface area contributed by atoms with Gasteiger partial charge < -0.3 is 5.32 Å². The third kappa shape index (κ3) is 2.60. The Hall–Kier alpha value is -1.90. The van der Waals surface area contributed by atoms with Crippen LogP contribution < -0.4 is 5.32 Å². The molecule has 1 saturated carbocycles. The highest BCUT2D eigenvalue weighted by Crippen LogP contribution is 2.40. The third-order valence-corrected chi connectivity index (χ3v) is 3.49. The second-order valence-corrected chi connectivity index (χ2v) is 5.12. The fourth-order valence-electron chi connectivity index (χ4n) is 2.27. The number of benzene rings is 1. The SMILES string of the molecule is CCNc1cc(C2CC2)nc(-c2ccccc2C)n1. The molecule has 3 heteroatoms. The summed E-state index contributed by atoms with van der Waals surface area (Å²) in [5.41, 5.74) is 3.53. The van der Waals surface area contributed by atoms with Crippen LogP contribution in [0.5, 0.6) is 0 Å². The Kier molecular flexibility index (Phi) is 3.20. The van der Waals surface area contributed by atoms with Gasteiger partial charge in [-0.05, 0) is 32.3 Å². The molecule has 1 aliphatic carbocycles. The summed E-state index contributed by atoms with van der Waals surface area (Å²) >= 11 is 0. The molecule has 1 heterocycles. The molecule has 3 rings (SSSR count). The molecule has 1 aromatic carbocycles. The zero-order chi connectivity index (χ0) is 13.2. The zero-order valence-electron chi connectivity index (χ0n) is 11.5. The summed E-state index contributed by atoms with van der Waals surface area (Å²) in [4.78, 5) is 9.40. The molecule has 0 spiro atoms. The van der Waals surface area contributed by atoms with Crippen molar-refractivity contribution < 1.29 is 0 Å². The van der Waals surface area contributed by atoms with Crippen LogP contribution in [0.1, 0.15) is 36.9 Å². The van der Waals surface area contributed by atoms with Crippen LogP contribution in [0.2, 0.25) is 0 Å². The molecule has 1 fully saturated rings. The average molecular weight is 253 g/mol. The van der Waals surface area contributed by atoms with Crippen molar-refractivity contribution in [2.45, 2.75) is 32.6 Å². The Bertz CT molecular complexity index is 588. The lowest BCUT2D eigenvalue weighted by atomic mass is 10.1. The second kappa shape index (κ2) is 5.00. The number of aryl methyl sites for hydroxylation is 1. The molecule has 2 aromatic rings. The maximum atomic E-state index is 4.76. The molecule has 0 unspecified atom stereocenters. The minimum atomic E-state index is 0.642. The number of nitrogens with zero attached hydrogens (tertiary/aromatic N) is 2. The van der Waals surface area contributed by atoms with Crippen molar-refractivity contribution >= 4 is 5.82 Å². The van der Waals surface area contributed by atoms with Gasteiger partial charge in [0.15, 0.2) is 5.82 Å². The molecule has 1 N–H and O–H groups in total. The van der Waals surface area contributed by atoms with E-state index < -0.39 is 0 Å². The van der Waals surface area contributed by atoms with E-state index in [4.69, 9.17) is 4.98 Å². The average Bonchev–Trinajstić information content (AvgIpc) is 3.23. The van der Waals surface area contributed by atoms with Crippen LogP contribution in [0.4, 0.5) is 5.82 Å². The van der Waals surface area contributed by atoms with Crippen LogP contribution in [0, 0.1) is 6.92 Å². The van der Waals surface area contributed by atoms with Gasteiger partial charge in [-0.1, -0.05) is 24.3 Å². The van der Waals surface area contributed by atoms with Gasteiger partial charge in [-0.3, -0.25) is 0 Å². The van der Waals surface area contributed by atoms with Crippen molar-refractivity contribution in [3.8, 4) is 11.4 Å². The number of rotatable bonds is 4. The maximum absolute atomic E-state index is 4.76. The van der Waals surface area contributed by atoms with Crippen molar-refractivity contribution in [2.75, 3.05) is 11.9 Å². The minimum absolute atomic E-state index is 0.642. The Labute approximate surface area is 114 Å². The molecule has 0 radical (unpaired) electrons. The number of hydrogen-bond donors (Lipinski definition) is 1. The van der Waals surface area contributed by atoms with Crippen molar-refractivity contribution in [1.82, 2.24) is 9.97 Å². The quantitative estimate of drug-likeness (QED) is 0.901. The van der Waals surface area contributed by atoms with Gasteiger partial charge in [0, 0.05) is 29.8 Å². The third-order valence-electron chi connectivity index (χ3n) is 3.49. The van der Waals surface area contributed by atoms with Crippen LogP contribution in [-0.2, 0) is 0 Å². The maximum Gasteiger partial charge on any atom is 0.162 e. The Balaban J connectivity index is 2.06. The molecule has 19 heavy (non-hydrogen) atoms. The highest BCUT2D eigenvalue weighted by Gasteiger charge is 2.26. The summed E-state index contributed by atoms with van der Waals surface area (Å²) in [6.45, 7) is 5.08. The second-order valence-electron chi connectivity index (χ2n) is 5.12. The number of anilines is 1. The highest BCUT2D eigenvalue weighted by molar-refractivity contribution is 5.62. The normalized spacial score (nSPS) is 14.4. The minimum Gasteiger partial charge on any atom is -0.370 e. The molecular formula is C16H19N3. The summed E-state index contributed by atoms with van der Waals surface area (Å²) in [6, 6.07) is 10.4. The molecule has 0 bridgehead atoms. The largest absolute Gasteiger partial charge is 0.370 e. The first-order valence-corrected chi connectivity index (χ1v) is 6.96. The molecule has 1 aromatic heterocycles. The van der Waals surface area contributed by atoms with Gasteiger partial charge in [-0.25, -0.2) is 9.97 Å². The predicted molar refractivity (Wildman–Crippen MR) is 78.3 cm³/mol. The van der Waals surface area contributed by atoms with E-state index in [1.54, 1.807) is 0 Å². The molecule has 0 amide bonds. The van der Waals surface area contributed by atoms with E-state index >= 15 is 0 Å². The first kappa shape index (κ1) is 12.2. The summed E-state index contributed by atoms with van der Waals surface area (Å²) in [7, 11) is 0. The van der Waals surface area contributed by atoms with Gasteiger partial charge in [0.1, 0.15) is 5.82 Å². The summed E-state index contributed by atoms with van der Waals surface area (Å²) in [5, 5.41) is 3.31. The van der Waals surface area contributed by atoms with Gasteiger partial charge in [0.2, 0.25) is 0 Å². The number of aromatic nitrogens is 2. The van der Waals surface area contributed by atoms with Crippen molar-refractivity contribution in [3.63, 3.8) is 0 Å². The monoisotopic (exact) mass is 253 g/mol. The molecule has 3 nitrogen and oxygen atoms in total. The topological polar surface area (TPSA) is 37.8 Å². The summed E-state index contributed by atoms with van der Waals surface area (Å²) in [5.74, 6) is 2.43. The van der Waals surface area contributed by atoms with E-state index in [1.807, 2.05) is 6.07 Å². The summed E-state index contributed by atoms with van der Waals surface area (Å²) in [6.07, 6.45) is 2.52. The van der Waals surface area contributed by atoms with Crippen LogP contribution in [0.3, 0.4) is 0 Å². The lowest BCUT2D eigenvalue weighted by Crippen LogP contribution is -2.04. The predicted octanol–water partition coefficient (Wildman–Crippen LogP) is 3.76. The van der Waals surface area contributed by atoms with Gasteiger partial charge in [-0.15, -0.1) is 0 Å². The van der Waals surface area contributed by atoms with Crippen molar-refractivity contribution in [1.29, 1.82) is 0 Å². The molecule has 0 aliphatic heterocycles. The molecule has 0 saturated heterocycles. The smallest absolute Gasteiger partial charge is 0.162 e. The van der Waals surface area contributed by atoms with Gasteiger partial charge in [0.25, 0.3) is 0 Å². The molecule has 0 atom stereocenters. The van der Waals surface area contributed by atoms with Crippen molar-refractivity contribution in [2.24, 2.45) is 0 Å². The number of hydrogen-bond acceptors (Lipinski definition) is 3. The fraction of sp³-hybridized carbons (Fsp3) is 0.375. The van der Waals surface area contributed by atoms with Crippen LogP contribution in [-0.4, -0.2) is 16.5 Å². The van der Waals surface area contributed by atoms with Crippen LogP contribution >= 0.6 is 0 Å². The Morgan fingerprint density at radius 1 is 1.21 bits per heavy atom. The van der Waals surface area contributed by atoms with Crippen molar-refractivity contribution in [3.05, 3.63) is 41.6 Å². The highest BCUT2D eigenvalue weighted by atomic mass is 15.0. The van der Waals surface area contributed by atoms with E-state index in [2.05, 4.69) is 48.4 Å². The summed E-state index contributed by atoms with van der Waals surface area (Å²) < 4.78 is 0. The first-order chi connectivity index (χ1) is 9.28. The van der Waals surface area contributed by atoms with Gasteiger partial charge in [-0.2, -0.15) is 0 Å². The number of nitrogens with one attached hydrogen (secondary N) is 1. The molecule has 1 aliphatic rings. The van der Waals surface area contributed by atoms with Gasteiger partial charge >= 0.3 is 0 Å². The van der Waals surface area contributed by atoms with Crippen LogP contribution in [0.25, 0.3) is 11.4 Å². The standard InChI is InChI=1S/C16H19N3/c1-3-17-15-10-14(12-8-9-12)18-16(19-15)13-7-5-4-6-11(13)2/h4-7,10,12H,3,8-9H2,1-2H3,(H,17,18,19). The van der Waals surface area contributed by atoms with E-state index in [0.717, 1.165) is 23.8 Å². The van der Waals surface area contributed by atoms with E-state index in [0.29, 0.717) is 5.92 Å². The van der Waals surface area contributed by atoms with Gasteiger partial charge in [0.05, 0.1) is 0 Å². The van der Waals surface area contributed by atoms with E-state index in [1.165, 1.54) is 24.1 Å². The molecule has 98 valence electrons.